The van der Waals surface area contributed by atoms with Crippen molar-refractivity contribution in [1.82, 2.24) is 9.78 Å². The summed E-state index contributed by atoms with van der Waals surface area (Å²) in [6.07, 6.45) is 1.80. The number of halogens is 1. The molecule has 0 radical (unpaired) electrons. The van der Waals surface area contributed by atoms with Gasteiger partial charge in [0.2, 0.25) is 0 Å². The van der Waals surface area contributed by atoms with E-state index in [-0.39, 0.29) is 5.84 Å². The zero-order valence-corrected chi connectivity index (χ0v) is 10.2. The van der Waals surface area contributed by atoms with Crippen LogP contribution in [0.15, 0.2) is 30.5 Å². The van der Waals surface area contributed by atoms with E-state index in [9.17, 15) is 0 Å². The van der Waals surface area contributed by atoms with Crippen molar-refractivity contribution in [2.75, 3.05) is 0 Å². The van der Waals surface area contributed by atoms with Gasteiger partial charge in [-0.15, -0.1) is 0 Å². The van der Waals surface area contributed by atoms with Crippen molar-refractivity contribution in [2.45, 2.75) is 13.5 Å². The molecule has 1 aromatic heterocycles. The van der Waals surface area contributed by atoms with Crippen LogP contribution in [-0.2, 0) is 6.54 Å². The first-order valence-electron chi connectivity index (χ1n) is 5.19. The molecule has 3 N–H and O–H groups in total. The lowest BCUT2D eigenvalue weighted by Crippen LogP contribution is -2.11. The van der Waals surface area contributed by atoms with Gasteiger partial charge in [-0.05, 0) is 12.5 Å². The Bertz CT molecular complexity index is 523. The molecule has 0 unspecified atom stereocenters. The minimum atomic E-state index is 0.0783. The Labute approximate surface area is 105 Å². The molecule has 2 rings (SSSR count). The van der Waals surface area contributed by atoms with Crippen molar-refractivity contribution in [2.24, 2.45) is 5.73 Å². The number of aryl methyl sites for hydroxylation is 1. The van der Waals surface area contributed by atoms with Gasteiger partial charge in [0.1, 0.15) is 5.84 Å². The van der Waals surface area contributed by atoms with Crippen molar-refractivity contribution in [3.05, 3.63) is 52.3 Å². The number of hydrogen-bond acceptors (Lipinski definition) is 2. The largest absolute Gasteiger partial charge is 0.384 e. The molecule has 5 heteroatoms. The van der Waals surface area contributed by atoms with Crippen LogP contribution >= 0.6 is 11.6 Å². The molecule has 2 aromatic rings. The Balaban J connectivity index is 2.16. The number of nitrogens with zero attached hydrogens (tertiary/aromatic N) is 2. The summed E-state index contributed by atoms with van der Waals surface area (Å²) in [7, 11) is 0. The van der Waals surface area contributed by atoms with Crippen LogP contribution in [0.1, 0.15) is 16.8 Å². The maximum atomic E-state index is 7.30. The number of amidine groups is 1. The second kappa shape index (κ2) is 4.59. The molecule has 0 atom stereocenters. The monoisotopic (exact) mass is 248 g/mol. The fourth-order valence-electron chi connectivity index (χ4n) is 1.55. The molecule has 0 aliphatic carbocycles. The smallest absolute Gasteiger partial charge is 0.122 e. The van der Waals surface area contributed by atoms with E-state index in [2.05, 4.69) is 5.10 Å². The Kier molecular flexibility index (Phi) is 3.15. The van der Waals surface area contributed by atoms with Crippen LogP contribution in [-0.4, -0.2) is 15.6 Å². The van der Waals surface area contributed by atoms with Gasteiger partial charge in [-0.25, -0.2) is 0 Å². The minimum Gasteiger partial charge on any atom is -0.384 e. The van der Waals surface area contributed by atoms with E-state index in [0.717, 1.165) is 16.8 Å². The third-order valence-corrected chi connectivity index (χ3v) is 2.87. The highest BCUT2D eigenvalue weighted by molar-refractivity contribution is 6.31. The lowest BCUT2D eigenvalue weighted by molar-refractivity contribution is 0.679. The Morgan fingerprint density at radius 2 is 2.06 bits per heavy atom. The standard InChI is InChI=1S/C12H13ClN4/c1-8-11(13)7-17(16-8)6-9-2-4-10(5-3-9)12(14)15/h2-5,7H,6H2,1H3,(H3,14,15). The number of hydrogen-bond donors (Lipinski definition) is 2. The summed E-state index contributed by atoms with van der Waals surface area (Å²) in [6, 6.07) is 7.52. The van der Waals surface area contributed by atoms with Gasteiger partial charge in [0.25, 0.3) is 0 Å². The van der Waals surface area contributed by atoms with Crippen LogP contribution < -0.4 is 5.73 Å². The van der Waals surface area contributed by atoms with E-state index in [4.69, 9.17) is 22.7 Å². The Morgan fingerprint density at radius 1 is 1.41 bits per heavy atom. The molecule has 4 nitrogen and oxygen atoms in total. The lowest BCUT2D eigenvalue weighted by atomic mass is 10.1. The van der Waals surface area contributed by atoms with E-state index in [0.29, 0.717) is 11.6 Å². The highest BCUT2D eigenvalue weighted by Crippen LogP contribution is 2.13. The van der Waals surface area contributed by atoms with Crippen molar-refractivity contribution in [1.29, 1.82) is 5.41 Å². The molecule has 0 amide bonds. The molecule has 0 aliphatic rings. The number of nitrogens with two attached hydrogens (primary N) is 1. The molecule has 0 spiro atoms. The minimum absolute atomic E-state index is 0.0783. The molecule has 0 saturated heterocycles. The van der Waals surface area contributed by atoms with Crippen LogP contribution in [0.3, 0.4) is 0 Å². The van der Waals surface area contributed by atoms with Gasteiger partial charge in [-0.2, -0.15) is 5.10 Å². The third-order valence-electron chi connectivity index (χ3n) is 2.50. The maximum Gasteiger partial charge on any atom is 0.122 e. The van der Waals surface area contributed by atoms with Crippen molar-refractivity contribution < 1.29 is 0 Å². The van der Waals surface area contributed by atoms with Gasteiger partial charge < -0.3 is 5.73 Å². The average molecular weight is 249 g/mol. The molecule has 0 fully saturated rings. The summed E-state index contributed by atoms with van der Waals surface area (Å²) >= 11 is 5.93. The fourth-order valence-corrected chi connectivity index (χ4v) is 1.70. The summed E-state index contributed by atoms with van der Waals surface area (Å²) in [5.74, 6) is 0.0783. The number of rotatable bonds is 3. The van der Waals surface area contributed by atoms with E-state index in [1.807, 2.05) is 31.2 Å². The van der Waals surface area contributed by atoms with Crippen LogP contribution in [0.2, 0.25) is 5.02 Å². The van der Waals surface area contributed by atoms with Gasteiger partial charge in [-0.3, -0.25) is 10.1 Å². The Morgan fingerprint density at radius 3 is 2.53 bits per heavy atom. The molecule has 88 valence electrons. The van der Waals surface area contributed by atoms with Crippen molar-refractivity contribution in [3.63, 3.8) is 0 Å². The summed E-state index contributed by atoms with van der Waals surface area (Å²) in [6.45, 7) is 2.53. The first kappa shape index (κ1) is 11.7. The molecule has 1 heterocycles. The first-order chi connectivity index (χ1) is 8.06. The molecule has 1 aromatic carbocycles. The van der Waals surface area contributed by atoms with Gasteiger partial charge in [0.15, 0.2) is 0 Å². The normalized spacial score (nSPS) is 10.5. The van der Waals surface area contributed by atoms with Gasteiger partial charge in [-0.1, -0.05) is 35.9 Å². The summed E-state index contributed by atoms with van der Waals surface area (Å²) in [4.78, 5) is 0. The van der Waals surface area contributed by atoms with E-state index < -0.39 is 0 Å². The summed E-state index contributed by atoms with van der Waals surface area (Å²) < 4.78 is 1.79. The molecule has 17 heavy (non-hydrogen) atoms. The Hall–Kier alpha value is -1.81. The predicted octanol–water partition coefficient (Wildman–Crippen LogP) is 2.18. The van der Waals surface area contributed by atoms with E-state index in [1.54, 1.807) is 10.9 Å². The second-order valence-corrected chi connectivity index (χ2v) is 4.28. The lowest BCUT2D eigenvalue weighted by Gasteiger charge is -2.03. The van der Waals surface area contributed by atoms with Gasteiger partial charge in [0.05, 0.1) is 17.3 Å². The number of aromatic nitrogens is 2. The van der Waals surface area contributed by atoms with E-state index >= 15 is 0 Å². The first-order valence-corrected chi connectivity index (χ1v) is 5.57. The molecule has 0 saturated carbocycles. The summed E-state index contributed by atoms with van der Waals surface area (Å²) in [5, 5.41) is 12.3. The van der Waals surface area contributed by atoms with Crippen LogP contribution in [0.4, 0.5) is 0 Å². The zero-order chi connectivity index (χ0) is 12.4. The highest BCUT2D eigenvalue weighted by Gasteiger charge is 2.03. The molecule has 0 aliphatic heterocycles. The fraction of sp³-hybridized carbons (Fsp3) is 0.167. The number of benzene rings is 1. The van der Waals surface area contributed by atoms with Crippen molar-refractivity contribution in [3.8, 4) is 0 Å². The average Bonchev–Trinajstić information content (AvgIpc) is 2.58. The van der Waals surface area contributed by atoms with Crippen molar-refractivity contribution >= 4 is 17.4 Å². The number of nitrogen functional groups attached to an aromatic ring is 1. The van der Waals surface area contributed by atoms with Crippen LogP contribution in [0.25, 0.3) is 0 Å². The molecule has 0 bridgehead atoms. The van der Waals surface area contributed by atoms with Crippen LogP contribution in [0, 0.1) is 12.3 Å². The predicted molar refractivity (Wildman–Crippen MR) is 68.5 cm³/mol. The SMILES string of the molecule is Cc1nn(Cc2ccc(C(=N)N)cc2)cc1Cl. The topological polar surface area (TPSA) is 67.7 Å². The quantitative estimate of drug-likeness (QED) is 0.646. The van der Waals surface area contributed by atoms with Gasteiger partial charge in [0, 0.05) is 11.8 Å². The molecular formula is C12H13ClN4. The summed E-state index contributed by atoms with van der Waals surface area (Å²) in [5.41, 5.74) is 8.03. The highest BCUT2D eigenvalue weighted by atomic mass is 35.5. The number of nitrogens with one attached hydrogen (secondary N) is 1. The third kappa shape index (κ3) is 2.65. The molecular weight excluding hydrogens is 236 g/mol. The maximum absolute atomic E-state index is 7.30. The zero-order valence-electron chi connectivity index (χ0n) is 9.44. The van der Waals surface area contributed by atoms with Gasteiger partial charge >= 0.3 is 0 Å². The van der Waals surface area contributed by atoms with Crippen LogP contribution in [0.5, 0.6) is 0 Å². The second-order valence-electron chi connectivity index (χ2n) is 3.87. The van der Waals surface area contributed by atoms with E-state index in [1.165, 1.54) is 0 Å².